The maximum Gasteiger partial charge on any atom is 0.225 e. The van der Waals surface area contributed by atoms with Gasteiger partial charge in [0.25, 0.3) is 0 Å². The number of carbonyl (C=O) groups is 1. The summed E-state index contributed by atoms with van der Waals surface area (Å²) < 4.78 is 5.90. The van der Waals surface area contributed by atoms with Crippen LogP contribution < -0.4 is 15.8 Å². The van der Waals surface area contributed by atoms with E-state index in [0.717, 1.165) is 24.3 Å². The number of nitrogens with two attached hydrogens (primary N) is 1. The molecule has 104 valence electrons. The summed E-state index contributed by atoms with van der Waals surface area (Å²) in [6, 6.07) is 7.43. The second-order valence-corrected chi connectivity index (χ2v) is 5.28. The summed E-state index contributed by atoms with van der Waals surface area (Å²) in [5.41, 5.74) is 6.37. The van der Waals surface area contributed by atoms with E-state index < -0.39 is 0 Å². The molecule has 0 aromatic heterocycles. The van der Waals surface area contributed by atoms with Crippen molar-refractivity contribution in [1.29, 1.82) is 0 Å². The Balaban J connectivity index is 1.92. The zero-order chi connectivity index (χ0) is 13.7. The third-order valence-electron chi connectivity index (χ3n) is 3.23. The quantitative estimate of drug-likeness (QED) is 0.857. The first kappa shape index (κ1) is 13.9. The third-order valence-corrected chi connectivity index (χ3v) is 3.23. The number of benzene rings is 1. The zero-order valence-electron chi connectivity index (χ0n) is 11.4. The molecule has 0 spiro atoms. The Labute approximate surface area is 114 Å². The molecular formula is C15H22N2O2. The van der Waals surface area contributed by atoms with Crippen LogP contribution in [0, 0.1) is 0 Å². The highest BCUT2D eigenvalue weighted by molar-refractivity contribution is 5.91. The van der Waals surface area contributed by atoms with Gasteiger partial charge in [-0.2, -0.15) is 0 Å². The number of nitrogens with one attached hydrogen (secondary N) is 1. The summed E-state index contributed by atoms with van der Waals surface area (Å²) in [6.07, 6.45) is 5.40. The molecule has 1 aromatic rings. The van der Waals surface area contributed by atoms with Crippen molar-refractivity contribution in [2.75, 3.05) is 5.32 Å². The van der Waals surface area contributed by atoms with E-state index in [-0.39, 0.29) is 11.9 Å². The Morgan fingerprint density at radius 1 is 1.47 bits per heavy atom. The van der Waals surface area contributed by atoms with Crippen LogP contribution >= 0.6 is 0 Å². The lowest BCUT2D eigenvalue weighted by atomic mass is 10.2. The fraction of sp³-hybridized carbons (Fsp3) is 0.533. The second kappa shape index (κ2) is 6.57. The van der Waals surface area contributed by atoms with Gasteiger partial charge < -0.3 is 15.8 Å². The maximum absolute atomic E-state index is 11.6. The number of hydrogen-bond donors (Lipinski definition) is 2. The SMILES string of the molecule is CC(N)CC(=O)Nc1cccc(OC2CCCC2)c1. The Hall–Kier alpha value is -1.55. The lowest BCUT2D eigenvalue weighted by molar-refractivity contribution is -0.116. The molecule has 1 atom stereocenters. The molecule has 1 amide bonds. The predicted molar refractivity (Wildman–Crippen MR) is 76.2 cm³/mol. The van der Waals surface area contributed by atoms with Gasteiger partial charge in [-0.1, -0.05) is 6.07 Å². The van der Waals surface area contributed by atoms with Gasteiger partial charge in [-0.25, -0.2) is 0 Å². The van der Waals surface area contributed by atoms with Gasteiger partial charge in [0.2, 0.25) is 5.91 Å². The number of anilines is 1. The molecule has 0 bridgehead atoms. The summed E-state index contributed by atoms with van der Waals surface area (Å²) in [5, 5.41) is 2.84. The minimum Gasteiger partial charge on any atom is -0.490 e. The van der Waals surface area contributed by atoms with Gasteiger partial charge >= 0.3 is 0 Å². The first-order valence-electron chi connectivity index (χ1n) is 6.95. The molecule has 1 aliphatic rings. The predicted octanol–water partition coefficient (Wildman–Crippen LogP) is 2.68. The van der Waals surface area contributed by atoms with Crippen LogP contribution in [0.4, 0.5) is 5.69 Å². The van der Waals surface area contributed by atoms with Crippen LogP contribution in [0.25, 0.3) is 0 Å². The van der Waals surface area contributed by atoms with Crippen molar-refractivity contribution in [3.8, 4) is 5.75 Å². The van der Waals surface area contributed by atoms with Crippen LogP contribution in [-0.2, 0) is 4.79 Å². The van der Waals surface area contributed by atoms with Crippen molar-refractivity contribution in [3.05, 3.63) is 24.3 Å². The third kappa shape index (κ3) is 4.56. The maximum atomic E-state index is 11.6. The Kier molecular flexibility index (Phi) is 4.80. The van der Waals surface area contributed by atoms with Crippen molar-refractivity contribution in [2.24, 2.45) is 5.73 Å². The summed E-state index contributed by atoms with van der Waals surface area (Å²) in [6.45, 7) is 1.82. The molecule has 4 nitrogen and oxygen atoms in total. The van der Waals surface area contributed by atoms with E-state index in [2.05, 4.69) is 5.32 Å². The molecule has 1 unspecified atom stereocenters. The van der Waals surface area contributed by atoms with Gasteiger partial charge in [-0.15, -0.1) is 0 Å². The molecule has 1 saturated carbocycles. The monoisotopic (exact) mass is 262 g/mol. The minimum absolute atomic E-state index is 0.0620. The van der Waals surface area contributed by atoms with Gasteiger partial charge in [0.15, 0.2) is 0 Å². The number of hydrogen-bond acceptors (Lipinski definition) is 3. The first-order chi connectivity index (χ1) is 9.13. The van der Waals surface area contributed by atoms with E-state index in [4.69, 9.17) is 10.5 Å². The van der Waals surface area contributed by atoms with Crippen LogP contribution in [0.2, 0.25) is 0 Å². The van der Waals surface area contributed by atoms with Gasteiger partial charge in [-0.05, 0) is 44.7 Å². The van der Waals surface area contributed by atoms with Crippen LogP contribution in [0.1, 0.15) is 39.0 Å². The molecule has 19 heavy (non-hydrogen) atoms. The van der Waals surface area contributed by atoms with Gasteiger partial charge in [0.05, 0.1) is 6.10 Å². The van der Waals surface area contributed by atoms with Crippen molar-refractivity contribution in [3.63, 3.8) is 0 Å². The van der Waals surface area contributed by atoms with Crippen molar-refractivity contribution in [1.82, 2.24) is 0 Å². The molecule has 2 rings (SSSR count). The molecule has 4 heteroatoms. The lowest BCUT2D eigenvalue weighted by Crippen LogP contribution is -2.24. The van der Waals surface area contributed by atoms with E-state index >= 15 is 0 Å². The average molecular weight is 262 g/mol. The Morgan fingerprint density at radius 2 is 2.21 bits per heavy atom. The van der Waals surface area contributed by atoms with Crippen molar-refractivity contribution >= 4 is 11.6 Å². The number of rotatable bonds is 5. The van der Waals surface area contributed by atoms with E-state index in [9.17, 15) is 4.79 Å². The first-order valence-corrected chi connectivity index (χ1v) is 6.95. The van der Waals surface area contributed by atoms with E-state index in [1.807, 2.05) is 31.2 Å². The molecule has 0 heterocycles. The number of carbonyl (C=O) groups excluding carboxylic acids is 1. The van der Waals surface area contributed by atoms with Crippen molar-refractivity contribution in [2.45, 2.75) is 51.2 Å². The Morgan fingerprint density at radius 3 is 2.89 bits per heavy atom. The standard InChI is InChI=1S/C15H22N2O2/c1-11(16)9-15(18)17-12-5-4-8-14(10-12)19-13-6-2-3-7-13/h4-5,8,10-11,13H,2-3,6-7,9,16H2,1H3,(H,17,18). The highest BCUT2D eigenvalue weighted by Gasteiger charge is 2.16. The van der Waals surface area contributed by atoms with Crippen LogP contribution in [-0.4, -0.2) is 18.1 Å². The van der Waals surface area contributed by atoms with Gasteiger partial charge in [-0.3, -0.25) is 4.79 Å². The summed E-state index contributed by atoms with van der Waals surface area (Å²) in [7, 11) is 0. The highest BCUT2D eigenvalue weighted by atomic mass is 16.5. The second-order valence-electron chi connectivity index (χ2n) is 5.28. The molecule has 0 radical (unpaired) electrons. The largest absolute Gasteiger partial charge is 0.490 e. The van der Waals surface area contributed by atoms with Gasteiger partial charge in [0.1, 0.15) is 5.75 Å². The normalized spacial score (nSPS) is 17.2. The molecule has 1 aliphatic carbocycles. The lowest BCUT2D eigenvalue weighted by Gasteiger charge is -2.14. The van der Waals surface area contributed by atoms with Crippen molar-refractivity contribution < 1.29 is 9.53 Å². The smallest absolute Gasteiger partial charge is 0.225 e. The van der Waals surface area contributed by atoms with Gasteiger partial charge in [0, 0.05) is 24.2 Å². The van der Waals surface area contributed by atoms with Crippen LogP contribution in [0.3, 0.4) is 0 Å². The summed E-state index contributed by atoms with van der Waals surface area (Å²) >= 11 is 0. The Bertz CT molecular complexity index is 426. The molecule has 1 aromatic carbocycles. The number of ether oxygens (including phenoxy) is 1. The average Bonchev–Trinajstić information content (AvgIpc) is 2.81. The fourth-order valence-corrected chi connectivity index (χ4v) is 2.35. The van der Waals surface area contributed by atoms with E-state index in [1.54, 1.807) is 0 Å². The summed E-state index contributed by atoms with van der Waals surface area (Å²) in [4.78, 5) is 11.6. The van der Waals surface area contributed by atoms with Crippen LogP contribution in [0.5, 0.6) is 5.75 Å². The molecular weight excluding hydrogens is 240 g/mol. The van der Waals surface area contributed by atoms with Crippen LogP contribution in [0.15, 0.2) is 24.3 Å². The van der Waals surface area contributed by atoms with E-state index in [0.29, 0.717) is 12.5 Å². The molecule has 1 fully saturated rings. The minimum atomic E-state index is -0.127. The highest BCUT2D eigenvalue weighted by Crippen LogP contribution is 2.25. The molecule has 0 aliphatic heterocycles. The van der Waals surface area contributed by atoms with E-state index in [1.165, 1.54) is 12.8 Å². The zero-order valence-corrected chi connectivity index (χ0v) is 11.4. The molecule has 0 saturated heterocycles. The summed E-state index contributed by atoms with van der Waals surface area (Å²) in [5.74, 6) is 0.763. The topological polar surface area (TPSA) is 64.4 Å². The molecule has 3 N–H and O–H groups in total. The fourth-order valence-electron chi connectivity index (χ4n) is 2.35. The number of amides is 1.